The first-order valence-electron chi connectivity index (χ1n) is 8.89. The topological polar surface area (TPSA) is 58.9 Å². The van der Waals surface area contributed by atoms with Crippen LogP contribution in [0.5, 0.6) is 0 Å². The molecule has 0 amide bonds. The highest BCUT2D eigenvalue weighted by atomic mass is 16.3. The van der Waals surface area contributed by atoms with Gasteiger partial charge in [-0.2, -0.15) is 0 Å². The lowest BCUT2D eigenvalue weighted by molar-refractivity contribution is 0.177. The molecule has 1 heterocycles. The Balaban J connectivity index is 1.76. The third-order valence-corrected chi connectivity index (χ3v) is 4.41. The van der Waals surface area contributed by atoms with E-state index in [-0.39, 0.29) is 0 Å². The van der Waals surface area contributed by atoms with E-state index in [2.05, 4.69) is 10.2 Å². The lowest BCUT2D eigenvalue weighted by atomic mass is 10.0. The largest absolute Gasteiger partial charge is 0.388 e. The maximum Gasteiger partial charge on any atom is 0.182 e. The van der Waals surface area contributed by atoms with Crippen LogP contribution in [0.2, 0.25) is 0 Å². The summed E-state index contributed by atoms with van der Waals surface area (Å²) in [5, 5.41) is 19.5. The number of aliphatic hydroxyl groups is 1. The Kier molecular flexibility index (Phi) is 4.99. The number of aromatic nitrogens is 3. The van der Waals surface area contributed by atoms with Gasteiger partial charge in [-0.1, -0.05) is 91.0 Å². The van der Waals surface area contributed by atoms with Gasteiger partial charge < -0.3 is 5.11 Å². The van der Waals surface area contributed by atoms with Gasteiger partial charge in [0, 0.05) is 17.5 Å². The second-order valence-corrected chi connectivity index (χ2v) is 6.29. The van der Waals surface area contributed by atoms with E-state index in [4.69, 9.17) is 4.98 Å². The molecule has 4 nitrogen and oxygen atoms in total. The van der Waals surface area contributed by atoms with Gasteiger partial charge in [0.2, 0.25) is 0 Å². The summed E-state index contributed by atoms with van der Waals surface area (Å²) in [4.78, 5) is 4.75. The molecule has 1 unspecified atom stereocenters. The molecule has 132 valence electrons. The Bertz CT molecular complexity index is 1010. The average Bonchev–Trinajstić information content (AvgIpc) is 2.75. The summed E-state index contributed by atoms with van der Waals surface area (Å²) in [5.74, 6) is 0.561. The van der Waals surface area contributed by atoms with Crippen molar-refractivity contribution < 1.29 is 5.11 Å². The Labute approximate surface area is 158 Å². The van der Waals surface area contributed by atoms with Crippen molar-refractivity contribution in [3.63, 3.8) is 0 Å². The van der Waals surface area contributed by atoms with Crippen molar-refractivity contribution in [2.24, 2.45) is 0 Å². The molecule has 1 aromatic heterocycles. The summed E-state index contributed by atoms with van der Waals surface area (Å²) in [6.07, 6.45) is -0.294. The molecule has 4 heteroatoms. The monoisotopic (exact) mass is 353 g/mol. The summed E-state index contributed by atoms with van der Waals surface area (Å²) in [6, 6.07) is 29.2. The summed E-state index contributed by atoms with van der Waals surface area (Å²) >= 11 is 0. The molecule has 0 saturated carbocycles. The van der Waals surface area contributed by atoms with Gasteiger partial charge in [-0.15, -0.1) is 10.2 Å². The quantitative estimate of drug-likeness (QED) is 0.575. The molecule has 0 fully saturated rings. The molecular formula is C23H19N3O. The van der Waals surface area contributed by atoms with Crippen molar-refractivity contribution >= 4 is 0 Å². The van der Waals surface area contributed by atoms with Crippen molar-refractivity contribution in [1.29, 1.82) is 0 Å². The van der Waals surface area contributed by atoms with Gasteiger partial charge in [0.25, 0.3) is 0 Å². The maximum absolute atomic E-state index is 10.7. The second kappa shape index (κ2) is 7.89. The molecule has 4 aromatic rings. The molecule has 27 heavy (non-hydrogen) atoms. The lowest BCUT2D eigenvalue weighted by Crippen LogP contribution is -2.08. The molecule has 4 rings (SSSR count). The first-order valence-corrected chi connectivity index (χ1v) is 8.89. The Morgan fingerprint density at radius 3 is 1.85 bits per heavy atom. The van der Waals surface area contributed by atoms with Crippen molar-refractivity contribution in [3.8, 4) is 22.6 Å². The number of nitrogens with zero attached hydrogens (tertiary/aromatic N) is 3. The van der Waals surface area contributed by atoms with E-state index in [1.807, 2.05) is 91.0 Å². The van der Waals surface area contributed by atoms with Crippen LogP contribution in [0.1, 0.15) is 17.4 Å². The van der Waals surface area contributed by atoms with Crippen LogP contribution in [0.25, 0.3) is 22.6 Å². The average molecular weight is 353 g/mol. The van der Waals surface area contributed by atoms with Crippen LogP contribution in [0.3, 0.4) is 0 Å². The number of benzene rings is 3. The molecule has 0 aliphatic rings. The number of aliphatic hydroxyl groups excluding tert-OH is 1. The molecule has 0 bridgehead atoms. The SMILES string of the molecule is OC(Cc1nc(-c2ccccc2)nnc1-c1ccccc1)c1ccccc1. The van der Waals surface area contributed by atoms with Crippen LogP contribution in [0.15, 0.2) is 91.0 Å². The fourth-order valence-corrected chi connectivity index (χ4v) is 3.01. The third kappa shape index (κ3) is 3.91. The fourth-order valence-electron chi connectivity index (χ4n) is 3.01. The highest BCUT2D eigenvalue weighted by molar-refractivity contribution is 5.63. The fraction of sp³-hybridized carbons (Fsp3) is 0.0870. The maximum atomic E-state index is 10.7. The van der Waals surface area contributed by atoms with Gasteiger partial charge in [0.1, 0.15) is 5.69 Å². The lowest BCUT2D eigenvalue weighted by Gasteiger charge is -2.14. The van der Waals surface area contributed by atoms with Crippen LogP contribution < -0.4 is 0 Å². The van der Waals surface area contributed by atoms with E-state index in [9.17, 15) is 5.11 Å². The van der Waals surface area contributed by atoms with Crippen LogP contribution in [-0.4, -0.2) is 20.3 Å². The van der Waals surface area contributed by atoms with Gasteiger partial charge in [0.15, 0.2) is 5.82 Å². The second-order valence-electron chi connectivity index (χ2n) is 6.29. The zero-order valence-corrected chi connectivity index (χ0v) is 14.7. The molecule has 1 atom stereocenters. The van der Waals surface area contributed by atoms with Gasteiger partial charge in [-0.05, 0) is 5.56 Å². The molecule has 0 aliphatic carbocycles. The number of hydrogen-bond donors (Lipinski definition) is 1. The minimum Gasteiger partial charge on any atom is -0.388 e. The summed E-state index contributed by atoms with van der Waals surface area (Å²) in [7, 11) is 0. The molecule has 0 spiro atoms. The van der Waals surface area contributed by atoms with E-state index in [0.717, 1.165) is 22.4 Å². The zero-order valence-electron chi connectivity index (χ0n) is 14.7. The first-order chi connectivity index (χ1) is 13.3. The predicted octanol–water partition coefficient (Wildman–Crippen LogP) is 4.48. The minimum atomic E-state index is -0.658. The summed E-state index contributed by atoms with van der Waals surface area (Å²) in [6.45, 7) is 0. The normalized spacial score (nSPS) is 11.9. The highest BCUT2D eigenvalue weighted by Gasteiger charge is 2.17. The van der Waals surface area contributed by atoms with E-state index in [1.165, 1.54) is 0 Å². The molecule has 0 saturated heterocycles. The summed E-state index contributed by atoms with van der Waals surface area (Å²) < 4.78 is 0. The van der Waals surface area contributed by atoms with Crippen LogP contribution in [0.4, 0.5) is 0 Å². The van der Waals surface area contributed by atoms with E-state index < -0.39 is 6.10 Å². The molecule has 1 N–H and O–H groups in total. The van der Waals surface area contributed by atoms with Crippen LogP contribution in [-0.2, 0) is 6.42 Å². The molecule has 0 aliphatic heterocycles. The van der Waals surface area contributed by atoms with Crippen molar-refractivity contribution in [1.82, 2.24) is 15.2 Å². The standard InChI is InChI=1S/C23H19N3O/c27-21(17-10-4-1-5-11-17)16-20-22(18-12-6-2-7-13-18)25-26-23(24-20)19-14-8-3-9-15-19/h1-15,21,27H,16H2. The first kappa shape index (κ1) is 17.1. The van der Waals surface area contributed by atoms with Gasteiger partial charge >= 0.3 is 0 Å². The van der Waals surface area contributed by atoms with Crippen LogP contribution in [0, 0.1) is 0 Å². The number of rotatable bonds is 5. The van der Waals surface area contributed by atoms with Gasteiger partial charge in [-0.25, -0.2) is 4.98 Å². The number of hydrogen-bond acceptors (Lipinski definition) is 4. The van der Waals surface area contributed by atoms with Crippen molar-refractivity contribution in [2.75, 3.05) is 0 Å². The molecule has 3 aromatic carbocycles. The third-order valence-electron chi connectivity index (χ3n) is 4.41. The molecular weight excluding hydrogens is 334 g/mol. The molecule has 0 radical (unpaired) electrons. The Morgan fingerprint density at radius 2 is 1.22 bits per heavy atom. The Morgan fingerprint density at radius 1 is 0.667 bits per heavy atom. The van der Waals surface area contributed by atoms with Crippen molar-refractivity contribution in [3.05, 3.63) is 102 Å². The highest BCUT2D eigenvalue weighted by Crippen LogP contribution is 2.26. The van der Waals surface area contributed by atoms with Crippen LogP contribution >= 0.6 is 0 Å². The van der Waals surface area contributed by atoms with Crippen molar-refractivity contribution in [2.45, 2.75) is 12.5 Å². The van der Waals surface area contributed by atoms with E-state index >= 15 is 0 Å². The summed E-state index contributed by atoms with van der Waals surface area (Å²) in [5.41, 5.74) is 4.13. The minimum absolute atomic E-state index is 0.365. The van der Waals surface area contributed by atoms with Gasteiger partial charge in [0.05, 0.1) is 11.8 Å². The predicted molar refractivity (Wildman–Crippen MR) is 106 cm³/mol. The van der Waals surface area contributed by atoms with E-state index in [0.29, 0.717) is 17.9 Å². The van der Waals surface area contributed by atoms with E-state index in [1.54, 1.807) is 0 Å². The van der Waals surface area contributed by atoms with Gasteiger partial charge in [-0.3, -0.25) is 0 Å². The Hall–Kier alpha value is -3.37. The zero-order chi connectivity index (χ0) is 18.5. The smallest absolute Gasteiger partial charge is 0.182 e.